The predicted octanol–water partition coefficient (Wildman–Crippen LogP) is 0.571. The van der Waals surface area contributed by atoms with Crippen LogP contribution in [0.25, 0.3) is 0 Å². The van der Waals surface area contributed by atoms with Gasteiger partial charge in [-0.25, -0.2) is 4.21 Å². The molecule has 0 spiro atoms. The SMILES string of the molecule is C=CO[SH](=O)(O)CC. The predicted molar refractivity (Wildman–Crippen MR) is 34.0 cm³/mol. The maximum Gasteiger partial charge on any atom is 0.110 e. The lowest BCUT2D eigenvalue weighted by Crippen LogP contribution is -2.13. The fourth-order valence-corrected chi connectivity index (χ4v) is 0.573. The molecule has 0 amide bonds. The lowest BCUT2D eigenvalue weighted by Gasteiger charge is -2.12. The second kappa shape index (κ2) is 2.84. The zero-order valence-corrected chi connectivity index (χ0v) is 5.60. The Bertz CT molecular complexity index is 120. The second-order valence-corrected chi connectivity index (χ2v) is 3.34. The van der Waals surface area contributed by atoms with Crippen molar-refractivity contribution in [1.82, 2.24) is 0 Å². The summed E-state index contributed by atoms with van der Waals surface area (Å²) in [4.78, 5) is 0. The molecule has 0 aromatic rings. The lowest BCUT2D eigenvalue weighted by atomic mass is 11.0. The smallest absolute Gasteiger partial charge is 0.110 e. The summed E-state index contributed by atoms with van der Waals surface area (Å²) in [6, 6.07) is 0. The van der Waals surface area contributed by atoms with Crippen molar-refractivity contribution in [1.29, 1.82) is 0 Å². The van der Waals surface area contributed by atoms with Gasteiger partial charge in [0.2, 0.25) is 0 Å². The average molecular weight is 138 g/mol. The Morgan fingerprint density at radius 3 is 2.62 bits per heavy atom. The van der Waals surface area contributed by atoms with E-state index in [4.69, 9.17) is 4.55 Å². The van der Waals surface area contributed by atoms with Gasteiger partial charge in [-0.2, -0.15) is 0 Å². The van der Waals surface area contributed by atoms with Crippen LogP contribution in [-0.4, -0.2) is 14.5 Å². The summed E-state index contributed by atoms with van der Waals surface area (Å²) in [6.45, 7) is 4.71. The minimum atomic E-state index is -3.29. The first-order valence-corrected chi connectivity index (χ1v) is 4.00. The largest absolute Gasteiger partial charge is 0.414 e. The van der Waals surface area contributed by atoms with Gasteiger partial charge in [0.15, 0.2) is 0 Å². The van der Waals surface area contributed by atoms with E-state index in [1.165, 1.54) is 0 Å². The van der Waals surface area contributed by atoms with Crippen LogP contribution in [0.5, 0.6) is 0 Å². The zero-order chi connectivity index (χ0) is 6.62. The van der Waals surface area contributed by atoms with Gasteiger partial charge in [-0.3, -0.25) is 0 Å². The summed E-state index contributed by atoms with van der Waals surface area (Å²) in [7, 11) is -3.29. The highest BCUT2D eigenvalue weighted by Gasteiger charge is 2.01. The van der Waals surface area contributed by atoms with Crippen LogP contribution in [0.4, 0.5) is 0 Å². The molecule has 0 saturated heterocycles. The third-order valence-electron chi connectivity index (χ3n) is 0.639. The number of hydrogen-bond acceptors (Lipinski definition) is 2. The Balaban J connectivity index is 3.72. The van der Waals surface area contributed by atoms with Crippen molar-refractivity contribution in [3.8, 4) is 0 Å². The maximum atomic E-state index is 10.4. The molecule has 1 N–H and O–H groups in total. The maximum absolute atomic E-state index is 10.4. The Kier molecular flexibility index (Phi) is 2.71. The molecule has 50 valence electrons. The Morgan fingerprint density at radius 1 is 2.00 bits per heavy atom. The topological polar surface area (TPSA) is 46.5 Å². The molecule has 0 heterocycles. The van der Waals surface area contributed by atoms with Crippen LogP contribution >= 0.6 is 0 Å². The molecule has 0 unspecified atom stereocenters. The monoisotopic (exact) mass is 138 g/mol. The molecule has 0 aromatic carbocycles. The van der Waals surface area contributed by atoms with E-state index in [-0.39, 0.29) is 5.75 Å². The van der Waals surface area contributed by atoms with Crippen molar-refractivity contribution in [2.45, 2.75) is 6.92 Å². The van der Waals surface area contributed by atoms with Crippen LogP contribution in [0.1, 0.15) is 6.92 Å². The first-order chi connectivity index (χ1) is 3.62. The molecule has 0 aliphatic heterocycles. The summed E-state index contributed by atoms with van der Waals surface area (Å²) >= 11 is 0. The Hall–Kier alpha value is -0.350. The molecule has 0 atom stereocenters. The number of thiol groups is 1. The van der Waals surface area contributed by atoms with Crippen LogP contribution in [0, 0.1) is 0 Å². The van der Waals surface area contributed by atoms with Gasteiger partial charge >= 0.3 is 0 Å². The summed E-state index contributed by atoms with van der Waals surface area (Å²) < 4.78 is 23.3. The van der Waals surface area contributed by atoms with Gasteiger partial charge in [-0.15, -0.1) is 0 Å². The minimum Gasteiger partial charge on any atom is -0.414 e. The highest BCUT2D eigenvalue weighted by Crippen LogP contribution is 1.98. The summed E-state index contributed by atoms with van der Waals surface area (Å²) in [5.41, 5.74) is 0. The second-order valence-electron chi connectivity index (χ2n) is 1.23. The fraction of sp³-hybridized carbons (Fsp3) is 0.500. The van der Waals surface area contributed by atoms with Crippen molar-refractivity contribution in [3.63, 3.8) is 0 Å². The van der Waals surface area contributed by atoms with E-state index in [2.05, 4.69) is 10.8 Å². The zero-order valence-electron chi connectivity index (χ0n) is 4.70. The molecule has 0 aromatic heterocycles. The average Bonchev–Trinajstić information content (AvgIpc) is 1.67. The normalized spacial score (nSPS) is 12.8. The van der Waals surface area contributed by atoms with Crippen LogP contribution < -0.4 is 0 Å². The van der Waals surface area contributed by atoms with Crippen LogP contribution in [-0.2, 0) is 14.7 Å². The highest BCUT2D eigenvalue weighted by molar-refractivity contribution is 7.93. The van der Waals surface area contributed by atoms with Crippen LogP contribution in [0.2, 0.25) is 0 Å². The molecular weight excluding hydrogens is 128 g/mol. The van der Waals surface area contributed by atoms with Gasteiger partial charge in [0.1, 0.15) is 10.5 Å². The van der Waals surface area contributed by atoms with Crippen molar-refractivity contribution in [2.75, 3.05) is 5.75 Å². The molecule has 0 aliphatic carbocycles. The molecule has 0 radical (unpaired) electrons. The number of rotatable bonds is 3. The van der Waals surface area contributed by atoms with E-state index in [0.717, 1.165) is 6.26 Å². The standard InChI is InChI=1S/C4H10O3S/c1-3-7-8(5,6)4-2/h3,8H,1,4H2,2H3,(H,5,6). The van der Waals surface area contributed by atoms with Gasteiger partial charge in [-0.1, -0.05) is 13.5 Å². The van der Waals surface area contributed by atoms with Gasteiger partial charge in [0.05, 0.1) is 12.0 Å². The quantitative estimate of drug-likeness (QED) is 0.442. The van der Waals surface area contributed by atoms with Gasteiger partial charge in [-0.05, 0) is 0 Å². The Labute approximate surface area is 49.8 Å². The van der Waals surface area contributed by atoms with E-state index in [1.807, 2.05) is 0 Å². The van der Waals surface area contributed by atoms with Crippen molar-refractivity contribution < 1.29 is 12.9 Å². The van der Waals surface area contributed by atoms with Gasteiger partial charge < -0.3 is 8.74 Å². The Morgan fingerprint density at radius 2 is 2.50 bits per heavy atom. The summed E-state index contributed by atoms with van der Waals surface area (Å²) in [5.74, 6) is 0.124. The lowest BCUT2D eigenvalue weighted by molar-refractivity contribution is 0.394. The fourth-order valence-electron chi connectivity index (χ4n) is 0.191. The van der Waals surface area contributed by atoms with Crippen molar-refractivity contribution in [3.05, 3.63) is 12.8 Å². The molecule has 3 nitrogen and oxygen atoms in total. The van der Waals surface area contributed by atoms with Crippen molar-refractivity contribution in [2.24, 2.45) is 0 Å². The number of hydrogen-bond donors (Lipinski definition) is 2. The van der Waals surface area contributed by atoms with E-state index in [0.29, 0.717) is 0 Å². The molecule has 0 saturated carbocycles. The van der Waals surface area contributed by atoms with E-state index in [1.54, 1.807) is 6.92 Å². The van der Waals surface area contributed by atoms with Crippen LogP contribution in [0.3, 0.4) is 0 Å². The molecular formula is C4H10O3S. The van der Waals surface area contributed by atoms with E-state index < -0.39 is 10.5 Å². The van der Waals surface area contributed by atoms with Crippen LogP contribution in [0.15, 0.2) is 12.8 Å². The molecule has 0 bridgehead atoms. The third-order valence-corrected chi connectivity index (χ3v) is 1.92. The van der Waals surface area contributed by atoms with E-state index in [9.17, 15) is 4.21 Å². The summed E-state index contributed by atoms with van der Waals surface area (Å²) in [6.07, 6.45) is 0.976. The molecule has 0 aliphatic rings. The summed E-state index contributed by atoms with van der Waals surface area (Å²) in [5, 5.41) is 0. The van der Waals surface area contributed by atoms with Crippen molar-refractivity contribution >= 4 is 10.5 Å². The van der Waals surface area contributed by atoms with E-state index >= 15 is 0 Å². The minimum absolute atomic E-state index is 0.124. The molecule has 0 rings (SSSR count). The molecule has 0 fully saturated rings. The highest BCUT2D eigenvalue weighted by atomic mass is 32.3. The molecule has 4 heteroatoms. The third kappa shape index (κ3) is 2.76. The van der Waals surface area contributed by atoms with Gasteiger partial charge in [0, 0.05) is 0 Å². The molecule has 8 heavy (non-hydrogen) atoms. The first-order valence-electron chi connectivity index (χ1n) is 2.23. The first kappa shape index (κ1) is 7.65. The van der Waals surface area contributed by atoms with Gasteiger partial charge in [0.25, 0.3) is 0 Å².